The van der Waals surface area contributed by atoms with Crippen LogP contribution in [0.3, 0.4) is 0 Å². The maximum atomic E-state index is 2.26. The fourth-order valence-electron chi connectivity index (χ4n) is 1.00. The Morgan fingerprint density at radius 3 is 1.14 bits per heavy atom. The van der Waals surface area contributed by atoms with Crippen molar-refractivity contribution in [3.63, 3.8) is 0 Å². The van der Waals surface area contributed by atoms with Gasteiger partial charge in [-0.3, -0.25) is 0 Å². The van der Waals surface area contributed by atoms with Gasteiger partial charge in [-0.15, -0.1) is 0 Å². The zero-order valence-corrected chi connectivity index (χ0v) is 10.7. The molecule has 0 aliphatic heterocycles. The lowest BCUT2D eigenvalue weighted by Crippen LogP contribution is -2.02. The Morgan fingerprint density at radius 2 is 0.929 bits per heavy atom. The van der Waals surface area contributed by atoms with E-state index in [9.17, 15) is 0 Å². The van der Waals surface area contributed by atoms with Gasteiger partial charge in [0.15, 0.2) is 0 Å². The van der Waals surface area contributed by atoms with Crippen LogP contribution in [-0.2, 0) is 0 Å². The van der Waals surface area contributed by atoms with Gasteiger partial charge in [-0.25, -0.2) is 0 Å². The summed E-state index contributed by atoms with van der Waals surface area (Å²) in [5, 5.41) is 0. The molecule has 0 spiro atoms. The van der Waals surface area contributed by atoms with Crippen LogP contribution in [0.1, 0.15) is 54.4 Å². The molecule has 0 aliphatic rings. The van der Waals surface area contributed by atoms with Crippen LogP contribution in [0.4, 0.5) is 0 Å². The van der Waals surface area contributed by atoms with Crippen molar-refractivity contribution in [1.29, 1.82) is 0 Å². The molecule has 0 saturated heterocycles. The summed E-state index contributed by atoms with van der Waals surface area (Å²) in [6.45, 7) is 13.6. The Hall–Kier alpha value is -0.520. The molecule has 0 fully saturated rings. The predicted molar refractivity (Wildman–Crippen MR) is 66.4 cm³/mol. The van der Waals surface area contributed by atoms with Crippen molar-refractivity contribution >= 4 is 0 Å². The van der Waals surface area contributed by atoms with E-state index < -0.39 is 0 Å². The number of hydrogen-bond acceptors (Lipinski definition) is 0. The summed E-state index contributed by atoms with van der Waals surface area (Å²) >= 11 is 0. The summed E-state index contributed by atoms with van der Waals surface area (Å²) in [5.74, 6) is 0. The van der Waals surface area contributed by atoms with E-state index in [1.54, 1.807) is 0 Å². The van der Waals surface area contributed by atoms with Gasteiger partial charge in [-0.05, 0) is 23.7 Å². The Morgan fingerprint density at radius 1 is 0.643 bits per heavy atom. The van der Waals surface area contributed by atoms with E-state index in [0.717, 1.165) is 12.8 Å². The fraction of sp³-hybridized carbons (Fsp3) is 0.714. The molecule has 0 heteroatoms. The third kappa shape index (κ3) is 11.5. The van der Waals surface area contributed by atoms with E-state index in [-0.39, 0.29) is 0 Å². The van der Waals surface area contributed by atoms with Crippen molar-refractivity contribution in [2.45, 2.75) is 54.4 Å². The van der Waals surface area contributed by atoms with E-state index in [1.165, 1.54) is 0 Å². The summed E-state index contributed by atoms with van der Waals surface area (Å²) < 4.78 is 0. The van der Waals surface area contributed by atoms with Crippen molar-refractivity contribution in [2.24, 2.45) is 10.8 Å². The Labute approximate surface area is 90.1 Å². The molecular weight excluding hydrogens is 168 g/mol. The highest BCUT2D eigenvalue weighted by Crippen LogP contribution is 2.20. The smallest absolute Gasteiger partial charge is 0.0299 e. The second kappa shape index (κ2) is 5.38. The van der Waals surface area contributed by atoms with Crippen LogP contribution in [0, 0.1) is 10.8 Å². The predicted octanol–water partition coefficient (Wildman–Crippen LogP) is 4.97. The highest BCUT2D eigenvalue weighted by molar-refractivity contribution is 5.04. The molecule has 0 atom stereocenters. The molecule has 0 saturated carbocycles. The Bertz CT molecular complexity index is 169. The maximum absolute atomic E-state index is 2.26. The Balaban J connectivity index is 3.73. The van der Waals surface area contributed by atoms with Crippen molar-refractivity contribution < 1.29 is 0 Å². The number of rotatable bonds is 3. The second-order valence-corrected chi connectivity index (χ2v) is 6.39. The average Bonchev–Trinajstić information content (AvgIpc) is 1.92. The summed E-state index contributed by atoms with van der Waals surface area (Å²) in [4.78, 5) is 0. The zero-order chi connectivity index (χ0) is 11.2. The van der Waals surface area contributed by atoms with Crippen LogP contribution < -0.4 is 0 Å². The van der Waals surface area contributed by atoms with Crippen LogP contribution in [0.2, 0.25) is 0 Å². The lowest BCUT2D eigenvalue weighted by atomic mass is 9.91. The molecule has 0 rings (SSSR count). The zero-order valence-electron chi connectivity index (χ0n) is 10.7. The van der Waals surface area contributed by atoms with Crippen LogP contribution >= 0.6 is 0 Å². The van der Waals surface area contributed by atoms with Gasteiger partial charge in [0.05, 0.1) is 0 Å². The van der Waals surface area contributed by atoms with Gasteiger partial charge < -0.3 is 0 Å². The largest absolute Gasteiger partial charge is 0.0840 e. The molecule has 0 nitrogen and oxygen atoms in total. The topological polar surface area (TPSA) is 0 Å². The van der Waals surface area contributed by atoms with Gasteiger partial charge in [0, 0.05) is 0 Å². The normalized spacial score (nSPS) is 14.4. The first-order valence-electron chi connectivity index (χ1n) is 5.52. The van der Waals surface area contributed by atoms with E-state index in [1.807, 2.05) is 0 Å². The first-order chi connectivity index (χ1) is 6.21. The molecular formula is C14H26. The Kier molecular flexibility index (Phi) is 5.18. The van der Waals surface area contributed by atoms with Gasteiger partial charge in [0.1, 0.15) is 0 Å². The summed E-state index contributed by atoms with van der Waals surface area (Å²) in [6, 6.07) is 0. The van der Waals surface area contributed by atoms with Gasteiger partial charge >= 0.3 is 0 Å². The van der Waals surface area contributed by atoms with Crippen LogP contribution in [0.5, 0.6) is 0 Å². The van der Waals surface area contributed by atoms with Crippen LogP contribution in [0.15, 0.2) is 24.3 Å². The van der Waals surface area contributed by atoms with Gasteiger partial charge in [-0.2, -0.15) is 0 Å². The van der Waals surface area contributed by atoms with E-state index in [4.69, 9.17) is 0 Å². The van der Waals surface area contributed by atoms with Gasteiger partial charge in [0.2, 0.25) is 0 Å². The van der Waals surface area contributed by atoms with Crippen molar-refractivity contribution in [2.75, 3.05) is 0 Å². The summed E-state index contributed by atoms with van der Waals surface area (Å²) in [7, 11) is 0. The molecule has 0 radical (unpaired) electrons. The highest BCUT2D eigenvalue weighted by Gasteiger charge is 2.06. The lowest BCUT2D eigenvalue weighted by Gasteiger charge is -2.14. The maximum Gasteiger partial charge on any atom is -0.0299 e. The van der Waals surface area contributed by atoms with Crippen molar-refractivity contribution in [3.8, 4) is 0 Å². The first kappa shape index (κ1) is 13.5. The molecule has 0 N–H and O–H groups in total. The minimum atomic E-state index is 0.411. The first-order valence-corrected chi connectivity index (χ1v) is 5.52. The monoisotopic (exact) mass is 194 g/mol. The molecule has 0 aromatic carbocycles. The molecule has 0 aromatic heterocycles. The van der Waals surface area contributed by atoms with E-state index in [2.05, 4.69) is 65.8 Å². The molecule has 82 valence electrons. The molecule has 0 aliphatic carbocycles. The number of hydrogen-bond donors (Lipinski definition) is 0. The van der Waals surface area contributed by atoms with Gasteiger partial charge in [-0.1, -0.05) is 65.8 Å². The SMILES string of the molecule is CC(C)(C)C/C=C/C=C/CC(C)(C)C. The van der Waals surface area contributed by atoms with Crippen molar-refractivity contribution in [1.82, 2.24) is 0 Å². The van der Waals surface area contributed by atoms with Crippen molar-refractivity contribution in [3.05, 3.63) is 24.3 Å². The fourth-order valence-corrected chi connectivity index (χ4v) is 1.00. The van der Waals surface area contributed by atoms with E-state index >= 15 is 0 Å². The standard InChI is InChI=1S/C14H26/c1-13(2,3)11-9-7-8-10-12-14(4,5)6/h7-10H,11-12H2,1-6H3/b9-7+,10-8+. The van der Waals surface area contributed by atoms with Crippen LogP contribution in [-0.4, -0.2) is 0 Å². The molecule has 0 amide bonds. The average molecular weight is 194 g/mol. The molecule has 0 aromatic rings. The third-order valence-corrected chi connectivity index (χ3v) is 1.84. The third-order valence-electron chi connectivity index (χ3n) is 1.84. The molecule has 0 unspecified atom stereocenters. The molecule has 0 heterocycles. The minimum absolute atomic E-state index is 0.411. The summed E-state index contributed by atoms with van der Waals surface area (Å²) in [6.07, 6.45) is 11.1. The lowest BCUT2D eigenvalue weighted by molar-refractivity contribution is 0.419. The molecule has 0 bridgehead atoms. The second-order valence-electron chi connectivity index (χ2n) is 6.39. The van der Waals surface area contributed by atoms with E-state index in [0.29, 0.717) is 10.8 Å². The minimum Gasteiger partial charge on any atom is -0.0840 e. The highest BCUT2D eigenvalue weighted by atomic mass is 14.1. The van der Waals surface area contributed by atoms with Gasteiger partial charge in [0.25, 0.3) is 0 Å². The molecule has 14 heavy (non-hydrogen) atoms. The summed E-state index contributed by atoms with van der Waals surface area (Å²) in [5.41, 5.74) is 0.822. The number of allylic oxidation sites excluding steroid dienone is 4. The van der Waals surface area contributed by atoms with Crippen LogP contribution in [0.25, 0.3) is 0 Å². The quantitative estimate of drug-likeness (QED) is 0.556.